The van der Waals surface area contributed by atoms with E-state index >= 15 is 0 Å². The molecule has 0 amide bonds. The number of aromatic hydroxyl groups is 1. The van der Waals surface area contributed by atoms with E-state index in [1.807, 2.05) is 77.1 Å². The van der Waals surface area contributed by atoms with Crippen LogP contribution >= 0.6 is 0 Å². The monoisotopic (exact) mass is 951 g/mol. The molecular weight excluding hydrogens is 890 g/mol. The van der Waals surface area contributed by atoms with E-state index in [0.29, 0.717) is 39.0 Å². The number of phenols is 1. The number of fused-ring (bicyclic) bond motifs is 1. The van der Waals surface area contributed by atoms with E-state index in [1.165, 1.54) is 6.07 Å². The van der Waals surface area contributed by atoms with Crippen molar-refractivity contribution in [2.24, 2.45) is 0 Å². The summed E-state index contributed by atoms with van der Waals surface area (Å²) in [7, 11) is 0. The van der Waals surface area contributed by atoms with Gasteiger partial charge in [-0.25, -0.2) is 4.98 Å². The van der Waals surface area contributed by atoms with Crippen LogP contribution in [0.5, 0.6) is 5.75 Å². The third-order valence-corrected chi connectivity index (χ3v) is 10.2. The van der Waals surface area contributed by atoms with Crippen molar-refractivity contribution in [2.45, 2.75) is 72.5 Å². The second-order valence-electron chi connectivity index (χ2n) is 15.8. The Bertz CT molecular complexity index is 3360. The summed E-state index contributed by atoms with van der Waals surface area (Å²) in [6, 6.07) is 26.1. The molecule has 0 aliphatic heterocycles. The number of benzene rings is 6. The molecule has 5 heteroatoms. The van der Waals surface area contributed by atoms with Crippen LogP contribution in [0, 0.1) is 12.9 Å². The minimum Gasteiger partial charge on any atom is -0.507 e. The first-order chi connectivity index (χ1) is 32.2. The van der Waals surface area contributed by atoms with E-state index in [0.717, 1.165) is 22.3 Å². The number of phenolic OH excluding ortho intramolecular Hbond substituents is 1. The Kier molecular flexibility index (Phi) is 7.88. The van der Waals surface area contributed by atoms with Crippen molar-refractivity contribution in [3.8, 4) is 67.5 Å². The minimum absolute atomic E-state index is 0. The van der Waals surface area contributed by atoms with E-state index < -0.39 is 66.6 Å². The zero-order valence-electron chi connectivity index (χ0n) is 45.3. The van der Waals surface area contributed by atoms with E-state index in [9.17, 15) is 6.48 Å². The molecule has 8 rings (SSSR count). The number of hydrogen-bond acceptors (Lipinski definition) is 3. The second kappa shape index (κ2) is 16.4. The van der Waals surface area contributed by atoms with Crippen LogP contribution in [-0.4, -0.2) is 19.6 Å². The molecule has 1 N–H and O–H groups in total. The number of rotatable bonds is 8. The molecule has 294 valence electrons. The van der Waals surface area contributed by atoms with Gasteiger partial charge in [0.1, 0.15) is 11.6 Å². The van der Waals surface area contributed by atoms with Gasteiger partial charge in [0.15, 0.2) is 0 Å². The Labute approximate surface area is 374 Å². The van der Waals surface area contributed by atoms with Gasteiger partial charge in [-0.05, 0) is 99.4 Å². The quantitative estimate of drug-likeness (QED) is 0.154. The van der Waals surface area contributed by atoms with Crippen molar-refractivity contribution in [1.82, 2.24) is 14.5 Å². The van der Waals surface area contributed by atoms with Crippen molar-refractivity contribution < 1.29 is 42.6 Å². The SMILES string of the molecule is [2H]c1nc(-c2[c-]c(-c3cccc4c3nc(-c3ccccc3O)n4-c3ccc(-c4c(C(C)C)cccc4C([2H])(C)C)cc3C([2H])([2H])[2H])cc(C(C)(C)C)c2)c([2H])c(-c2c([2H])c([2H])c([2H])c([2H])c2[2H])c1[2H].[Pt]. The third kappa shape index (κ3) is 7.71. The van der Waals surface area contributed by atoms with Gasteiger partial charge in [-0.1, -0.05) is 144 Å². The van der Waals surface area contributed by atoms with Gasteiger partial charge in [-0.3, -0.25) is 9.55 Å². The second-order valence-corrected chi connectivity index (χ2v) is 15.8. The van der Waals surface area contributed by atoms with Crippen LogP contribution in [0.3, 0.4) is 0 Å². The molecule has 0 bridgehead atoms. The molecule has 0 saturated carbocycles. The fraction of sp³-hybridized carbons (Fsp3) is 0.208. The number of aryl methyl sites for hydroxylation is 1. The molecule has 0 atom stereocenters. The molecule has 0 saturated heterocycles. The summed E-state index contributed by atoms with van der Waals surface area (Å²) in [5.41, 5.74) is 5.38. The largest absolute Gasteiger partial charge is 0.507 e. The molecule has 0 aliphatic carbocycles. The van der Waals surface area contributed by atoms with Gasteiger partial charge >= 0.3 is 0 Å². The zero-order chi connectivity index (χ0) is 50.4. The Balaban J connectivity index is 0.00000722. The van der Waals surface area contributed by atoms with Crippen molar-refractivity contribution in [3.05, 3.63) is 168 Å². The Morgan fingerprint density at radius 2 is 1.50 bits per heavy atom. The Morgan fingerprint density at radius 3 is 2.22 bits per heavy atom. The van der Waals surface area contributed by atoms with E-state index in [4.69, 9.17) is 20.1 Å². The van der Waals surface area contributed by atoms with Gasteiger partial charge in [0, 0.05) is 38.4 Å². The van der Waals surface area contributed by atoms with Crippen LogP contribution in [0.15, 0.2) is 139 Å². The van der Waals surface area contributed by atoms with Crippen LogP contribution in [0.4, 0.5) is 0 Å². The number of aromatic nitrogens is 3. The van der Waals surface area contributed by atoms with Crippen molar-refractivity contribution >= 4 is 11.0 Å². The summed E-state index contributed by atoms with van der Waals surface area (Å²) in [5.74, 6) is -0.781. The molecule has 6 aromatic carbocycles. The maximum Gasteiger partial charge on any atom is 0.148 e. The molecule has 0 fully saturated rings. The summed E-state index contributed by atoms with van der Waals surface area (Å²) < 4.78 is 107. The van der Waals surface area contributed by atoms with Crippen LogP contribution in [-0.2, 0) is 26.5 Å². The predicted molar refractivity (Wildman–Crippen MR) is 238 cm³/mol. The van der Waals surface area contributed by atoms with Crippen molar-refractivity contribution in [1.29, 1.82) is 0 Å². The van der Waals surface area contributed by atoms with E-state index in [-0.39, 0.29) is 66.5 Å². The average molecular weight is 952 g/mol. The minimum atomic E-state index is -2.65. The van der Waals surface area contributed by atoms with Crippen LogP contribution in [0.2, 0.25) is 0 Å². The molecule has 58 heavy (non-hydrogen) atoms. The fourth-order valence-electron chi connectivity index (χ4n) is 7.30. The predicted octanol–water partition coefficient (Wildman–Crippen LogP) is 14.1. The molecular formula is C53H50N3OPt-. The zero-order valence-corrected chi connectivity index (χ0v) is 35.6. The number of imidazole rings is 1. The third-order valence-electron chi connectivity index (χ3n) is 10.2. The van der Waals surface area contributed by atoms with Crippen LogP contribution < -0.4 is 0 Å². The summed E-state index contributed by atoms with van der Waals surface area (Å²) >= 11 is 0. The standard InChI is InChI=1S/C53H50N3O.Pt/c1-33(2)42-19-14-20-43(34(3)4)50(42)38-24-25-47(35(5)28-38)56-48-22-15-21-44(51(48)55-52(56)45-18-12-13-23-49(45)57)39-29-40(31-41(30-39)53(6,7)8)46-32-37(26-27-54-46)36-16-10-9-11-17-36;/h9-28,30-34,57H,1-8H3;/q-1;/i5D3,9D,10D,11D,16D,17D,26D,27D,32D,33D;. The maximum absolute atomic E-state index is 11.4. The molecule has 0 radical (unpaired) electrons. The number of para-hydroxylation sites is 2. The molecule has 4 nitrogen and oxygen atoms in total. The molecule has 8 aromatic rings. The fourth-order valence-corrected chi connectivity index (χ4v) is 7.30. The molecule has 2 aromatic heterocycles. The van der Waals surface area contributed by atoms with Crippen molar-refractivity contribution in [2.75, 3.05) is 0 Å². The first-order valence-electron chi connectivity index (χ1n) is 24.9. The maximum atomic E-state index is 11.4. The van der Waals surface area contributed by atoms with Crippen LogP contribution in [0.1, 0.15) is 99.0 Å². The van der Waals surface area contributed by atoms with Gasteiger partial charge in [0.2, 0.25) is 0 Å². The first kappa shape index (κ1) is 28.0. The summed E-state index contributed by atoms with van der Waals surface area (Å²) in [6.45, 7) is 11.1. The summed E-state index contributed by atoms with van der Waals surface area (Å²) in [5, 5.41) is 11.4. The Hall–Kier alpha value is -5.57. The van der Waals surface area contributed by atoms with E-state index in [2.05, 4.69) is 24.9 Å². The van der Waals surface area contributed by atoms with Gasteiger partial charge < -0.3 is 5.11 Å². The molecule has 0 unspecified atom stereocenters. The Morgan fingerprint density at radius 1 is 0.776 bits per heavy atom. The van der Waals surface area contributed by atoms with E-state index in [1.54, 1.807) is 47.0 Å². The average Bonchev–Trinajstić information content (AvgIpc) is 3.68. The number of pyridine rings is 1. The summed E-state index contributed by atoms with van der Waals surface area (Å²) in [4.78, 5) is 9.56. The summed E-state index contributed by atoms with van der Waals surface area (Å²) in [6.07, 6.45) is -0.574. The molecule has 2 heterocycles. The number of hydrogen-bond donors (Lipinski definition) is 1. The topological polar surface area (TPSA) is 50.9 Å². The molecule has 0 spiro atoms. The van der Waals surface area contributed by atoms with Gasteiger partial charge in [0.05, 0.1) is 33.3 Å². The van der Waals surface area contributed by atoms with Crippen LogP contribution in [0.25, 0.3) is 72.7 Å². The number of nitrogens with zero attached hydrogens (tertiary/aromatic N) is 3. The first-order valence-corrected chi connectivity index (χ1v) is 18.9. The van der Waals surface area contributed by atoms with Gasteiger partial charge in [-0.15, -0.1) is 29.3 Å². The van der Waals surface area contributed by atoms with Crippen molar-refractivity contribution in [3.63, 3.8) is 0 Å². The smallest absolute Gasteiger partial charge is 0.148 e. The molecule has 0 aliphatic rings. The van der Waals surface area contributed by atoms with Gasteiger partial charge in [-0.2, -0.15) is 0 Å². The normalized spacial score (nSPS) is 15.0. The van der Waals surface area contributed by atoms with Gasteiger partial charge in [0.25, 0.3) is 0 Å².